The fraction of sp³-hybridized carbons (Fsp3) is 0.567. The van der Waals surface area contributed by atoms with Gasteiger partial charge in [-0.25, -0.2) is 0 Å². The van der Waals surface area contributed by atoms with E-state index in [2.05, 4.69) is 10.2 Å². The molecule has 6 aliphatic rings. The molecular weight excluding hydrogens is 558 g/mol. The number of phenolic OH excluding ortho intramolecular Hbond substituents is 1. The summed E-state index contributed by atoms with van der Waals surface area (Å²) in [6, 6.07) is 0.803. The van der Waals surface area contributed by atoms with E-state index in [-0.39, 0.29) is 47.9 Å². The first kappa shape index (κ1) is 28.1. The number of hydrogen-bond donors (Lipinski definition) is 6. The number of aliphatic hydroxyl groups is 3. The zero-order valence-electron chi connectivity index (χ0n) is 24.5. The number of rotatable bonds is 6. The molecule has 2 amide bonds. The summed E-state index contributed by atoms with van der Waals surface area (Å²) in [6.45, 7) is 1.94. The van der Waals surface area contributed by atoms with Gasteiger partial charge in [0.05, 0.1) is 23.8 Å². The van der Waals surface area contributed by atoms with Gasteiger partial charge >= 0.3 is 0 Å². The highest BCUT2D eigenvalue weighted by Gasteiger charge is 2.86. The Labute approximate surface area is 248 Å². The van der Waals surface area contributed by atoms with Crippen LogP contribution < -0.4 is 16.0 Å². The lowest BCUT2D eigenvalue weighted by molar-refractivity contribution is -0.127. The van der Waals surface area contributed by atoms with Gasteiger partial charge < -0.3 is 41.1 Å². The molecule has 2 saturated heterocycles. The average Bonchev–Trinajstić information content (AvgIpc) is 3.74. The standard InChI is InChI=1S/C30H37N5O8/c1-33(2)18-8-17(32-19(36)11-35-9-13-5-14(13)10-35)24(37)21-15(18)6-12-7-16-23(34(3)4)26(39)22(28(31)41)30(42)29(16,43-30)27(40)20(12)25(21)38/h8,12-14,16,23,37-39,42H,5-7,9-11H2,1-4H3,(H2,31,41)(H,32,36)/t12-,13?,14?,16-,23-,29-,30?/m0/s1. The van der Waals surface area contributed by atoms with E-state index >= 15 is 0 Å². The number of fused-ring (bicyclic) bond motifs is 3. The van der Waals surface area contributed by atoms with Crippen LogP contribution in [0.4, 0.5) is 11.4 Å². The van der Waals surface area contributed by atoms with Crippen molar-refractivity contribution in [2.24, 2.45) is 29.4 Å². The van der Waals surface area contributed by atoms with E-state index in [1.54, 1.807) is 25.1 Å². The van der Waals surface area contributed by atoms with E-state index < -0.39 is 58.0 Å². The highest BCUT2D eigenvalue weighted by atomic mass is 16.8. The van der Waals surface area contributed by atoms with Crippen LogP contribution in [0.5, 0.6) is 5.75 Å². The van der Waals surface area contributed by atoms with Crippen LogP contribution in [-0.2, 0) is 25.5 Å². The van der Waals surface area contributed by atoms with Crippen LogP contribution in [0.15, 0.2) is 23.0 Å². The van der Waals surface area contributed by atoms with Crippen LogP contribution in [-0.4, -0.2) is 113 Å². The summed E-state index contributed by atoms with van der Waals surface area (Å²) >= 11 is 0. The Kier molecular flexibility index (Phi) is 5.85. The fourth-order valence-corrected chi connectivity index (χ4v) is 8.42. The number of amides is 2. The average molecular weight is 596 g/mol. The van der Waals surface area contributed by atoms with Crippen molar-refractivity contribution >= 4 is 34.7 Å². The molecule has 4 aliphatic carbocycles. The van der Waals surface area contributed by atoms with Gasteiger partial charge in [0.2, 0.25) is 17.5 Å². The Hall–Kier alpha value is -3.65. The number of epoxide rings is 1. The lowest BCUT2D eigenvalue weighted by Gasteiger charge is -2.46. The highest BCUT2D eigenvalue weighted by Crippen LogP contribution is 2.67. The summed E-state index contributed by atoms with van der Waals surface area (Å²) in [7, 11) is 6.96. The number of likely N-dealkylation sites (tertiary alicyclic amines) is 1. The van der Waals surface area contributed by atoms with Crippen LogP contribution in [0.1, 0.15) is 24.0 Å². The quantitative estimate of drug-likeness (QED) is 0.193. The van der Waals surface area contributed by atoms with E-state index in [9.17, 15) is 34.8 Å². The van der Waals surface area contributed by atoms with Crippen molar-refractivity contribution in [3.8, 4) is 5.75 Å². The van der Waals surface area contributed by atoms with Gasteiger partial charge in [-0.3, -0.25) is 24.2 Å². The second kappa shape index (κ2) is 8.94. The molecule has 7 rings (SSSR count). The summed E-state index contributed by atoms with van der Waals surface area (Å²) < 4.78 is 5.70. The van der Waals surface area contributed by atoms with Crippen molar-refractivity contribution < 1.29 is 39.5 Å². The molecule has 13 nitrogen and oxygen atoms in total. The topological polar surface area (TPSA) is 192 Å². The van der Waals surface area contributed by atoms with Crippen molar-refractivity contribution in [3.05, 3.63) is 34.1 Å². The molecule has 0 aromatic heterocycles. The maximum atomic E-state index is 14.3. The molecule has 0 bridgehead atoms. The Morgan fingerprint density at radius 3 is 2.42 bits per heavy atom. The van der Waals surface area contributed by atoms with Crippen molar-refractivity contribution in [2.45, 2.75) is 36.7 Å². The first-order chi connectivity index (χ1) is 20.2. The molecule has 2 saturated carbocycles. The van der Waals surface area contributed by atoms with Gasteiger partial charge in [0, 0.05) is 44.4 Å². The molecule has 0 radical (unpaired) electrons. The minimum Gasteiger partial charge on any atom is -0.510 e. The predicted octanol–water partition coefficient (Wildman–Crippen LogP) is 0.0776. The summed E-state index contributed by atoms with van der Waals surface area (Å²) in [5, 5.41) is 48.4. The molecule has 4 fully saturated rings. The number of likely N-dealkylation sites (N-methyl/N-ethyl adjacent to an activating group) is 1. The highest BCUT2D eigenvalue weighted by molar-refractivity contribution is 6.14. The number of nitrogens with two attached hydrogens (primary N) is 1. The second-order valence-corrected chi connectivity index (χ2v) is 13.4. The monoisotopic (exact) mass is 595 g/mol. The van der Waals surface area contributed by atoms with Crippen molar-refractivity contribution in [2.75, 3.05) is 58.0 Å². The number of Topliss-reactive ketones (excluding diaryl/α,β-unsaturated/α-hetero) is 1. The Morgan fingerprint density at radius 2 is 1.81 bits per heavy atom. The number of ether oxygens (including phenoxy) is 1. The van der Waals surface area contributed by atoms with Gasteiger partial charge in [-0.1, -0.05) is 0 Å². The molecule has 1 aromatic rings. The zero-order chi connectivity index (χ0) is 30.9. The van der Waals surface area contributed by atoms with Gasteiger partial charge in [-0.2, -0.15) is 0 Å². The van der Waals surface area contributed by atoms with Gasteiger partial charge in [0.25, 0.3) is 5.91 Å². The Morgan fingerprint density at radius 1 is 1.14 bits per heavy atom. The number of primary amides is 1. The van der Waals surface area contributed by atoms with E-state index in [1.165, 1.54) is 6.42 Å². The van der Waals surface area contributed by atoms with Crippen LogP contribution in [0.3, 0.4) is 0 Å². The molecule has 7 N–H and O–H groups in total. The third kappa shape index (κ3) is 3.68. The lowest BCUT2D eigenvalue weighted by Crippen LogP contribution is -2.60. The molecule has 230 valence electrons. The first-order valence-electron chi connectivity index (χ1n) is 14.6. The number of hydrogen-bond acceptors (Lipinski definition) is 11. The zero-order valence-corrected chi connectivity index (χ0v) is 24.5. The number of anilines is 2. The van der Waals surface area contributed by atoms with Gasteiger partial charge in [0.1, 0.15) is 22.8 Å². The van der Waals surface area contributed by atoms with E-state index in [4.69, 9.17) is 10.5 Å². The minimum atomic E-state index is -2.45. The Balaban J connectivity index is 1.30. The summed E-state index contributed by atoms with van der Waals surface area (Å²) in [5.74, 6) is -5.87. The number of ketones is 1. The molecular formula is C30H37N5O8. The molecule has 1 aromatic carbocycles. The van der Waals surface area contributed by atoms with Crippen LogP contribution in [0, 0.1) is 23.7 Å². The molecule has 1 spiro atoms. The normalized spacial score (nSPS) is 35.6. The van der Waals surface area contributed by atoms with Crippen molar-refractivity contribution in [1.29, 1.82) is 0 Å². The van der Waals surface area contributed by atoms with Gasteiger partial charge in [-0.05, 0) is 62.7 Å². The number of phenols is 1. The molecule has 2 aliphatic heterocycles. The molecule has 43 heavy (non-hydrogen) atoms. The number of carbonyl (C=O) groups excluding carboxylic acids is 3. The number of piperidine rings is 1. The number of aliphatic hydroxyl groups excluding tert-OH is 2. The summed E-state index contributed by atoms with van der Waals surface area (Å²) in [6.07, 6.45) is 1.69. The minimum absolute atomic E-state index is 0.0241. The fourth-order valence-electron chi connectivity index (χ4n) is 8.42. The maximum absolute atomic E-state index is 14.3. The molecule has 2 heterocycles. The number of nitrogens with zero attached hydrogens (tertiary/aromatic N) is 3. The predicted molar refractivity (Wildman–Crippen MR) is 154 cm³/mol. The maximum Gasteiger partial charge on any atom is 0.253 e. The number of aromatic hydroxyl groups is 1. The molecule has 13 heteroatoms. The molecule has 7 atom stereocenters. The van der Waals surface area contributed by atoms with E-state index in [0.717, 1.165) is 13.1 Å². The summed E-state index contributed by atoms with van der Waals surface area (Å²) in [4.78, 5) is 45.2. The van der Waals surface area contributed by atoms with Gasteiger partial charge in [-0.15, -0.1) is 0 Å². The SMILES string of the molecule is CN(C)c1cc(NC(=O)CN2CC3CC3C2)c(O)c2c1C[C@H]1C[C@H]3[C@H](N(C)C)C(O)=C(C(N)=O)C4(O)O[C@]34C(=O)C1=C2O. The van der Waals surface area contributed by atoms with Crippen LogP contribution in [0.2, 0.25) is 0 Å². The lowest BCUT2D eigenvalue weighted by atomic mass is 9.58. The van der Waals surface area contributed by atoms with Crippen molar-refractivity contribution in [3.63, 3.8) is 0 Å². The second-order valence-electron chi connectivity index (χ2n) is 13.4. The Bertz CT molecular complexity index is 1560. The van der Waals surface area contributed by atoms with Gasteiger partial charge in [0.15, 0.2) is 5.60 Å². The van der Waals surface area contributed by atoms with Crippen LogP contribution in [0.25, 0.3) is 5.76 Å². The molecule has 3 unspecified atom stereocenters. The smallest absolute Gasteiger partial charge is 0.253 e. The number of carbonyl (C=O) groups is 3. The van der Waals surface area contributed by atoms with Crippen molar-refractivity contribution in [1.82, 2.24) is 9.80 Å². The van der Waals surface area contributed by atoms with E-state index in [1.807, 2.05) is 19.0 Å². The summed E-state index contributed by atoms with van der Waals surface area (Å²) in [5.41, 5.74) is 4.33. The number of benzene rings is 1. The third-order valence-corrected chi connectivity index (χ3v) is 10.4. The number of nitrogens with one attached hydrogen (secondary N) is 1. The van der Waals surface area contributed by atoms with E-state index in [0.29, 0.717) is 23.1 Å². The largest absolute Gasteiger partial charge is 0.510 e. The third-order valence-electron chi connectivity index (χ3n) is 10.4. The first-order valence-corrected chi connectivity index (χ1v) is 14.6. The van der Waals surface area contributed by atoms with Crippen LogP contribution >= 0.6 is 0 Å².